The summed E-state index contributed by atoms with van der Waals surface area (Å²) in [5, 5.41) is 3.97. The van der Waals surface area contributed by atoms with Crippen LogP contribution >= 0.6 is 11.8 Å². The Labute approximate surface area is 126 Å². The van der Waals surface area contributed by atoms with Gasteiger partial charge in [0.1, 0.15) is 0 Å². The standard InChI is InChI=1S/C14H15N5OS/c15-12(6-10-7-16-9-17-10)14-18-13(19-20-14)8-21-11-4-2-1-3-5-11/h1-5,7,9,12H,6,8,15H2,(H,16,17)/t12-/m1/s1. The van der Waals surface area contributed by atoms with Crippen LogP contribution in [0.15, 0.2) is 52.3 Å². The quantitative estimate of drug-likeness (QED) is 0.679. The van der Waals surface area contributed by atoms with Crippen LogP contribution in [0.25, 0.3) is 0 Å². The maximum atomic E-state index is 6.06. The third kappa shape index (κ3) is 3.71. The highest BCUT2D eigenvalue weighted by atomic mass is 32.2. The molecule has 0 aliphatic heterocycles. The molecule has 3 N–H and O–H groups in total. The molecule has 0 spiro atoms. The molecular weight excluding hydrogens is 286 g/mol. The van der Waals surface area contributed by atoms with E-state index in [1.165, 1.54) is 4.90 Å². The molecule has 0 unspecified atom stereocenters. The van der Waals surface area contributed by atoms with Gasteiger partial charge < -0.3 is 15.2 Å². The summed E-state index contributed by atoms with van der Waals surface area (Å²) in [5.41, 5.74) is 7.00. The number of rotatable bonds is 6. The van der Waals surface area contributed by atoms with E-state index in [1.807, 2.05) is 18.2 Å². The van der Waals surface area contributed by atoms with E-state index in [0.717, 1.165) is 5.69 Å². The van der Waals surface area contributed by atoms with Crippen molar-refractivity contribution < 1.29 is 4.52 Å². The number of hydrogen-bond donors (Lipinski definition) is 2. The summed E-state index contributed by atoms with van der Waals surface area (Å²) in [5.74, 6) is 1.76. The van der Waals surface area contributed by atoms with Crippen molar-refractivity contribution in [2.75, 3.05) is 0 Å². The molecule has 1 atom stereocenters. The van der Waals surface area contributed by atoms with Gasteiger partial charge in [-0.25, -0.2) is 4.98 Å². The summed E-state index contributed by atoms with van der Waals surface area (Å²) in [6, 6.07) is 9.78. The van der Waals surface area contributed by atoms with Crippen LogP contribution < -0.4 is 5.73 Å². The van der Waals surface area contributed by atoms with Gasteiger partial charge in [-0.1, -0.05) is 23.4 Å². The minimum absolute atomic E-state index is 0.326. The highest BCUT2D eigenvalue weighted by molar-refractivity contribution is 7.98. The maximum absolute atomic E-state index is 6.06. The molecule has 0 bridgehead atoms. The van der Waals surface area contributed by atoms with E-state index in [4.69, 9.17) is 10.3 Å². The van der Waals surface area contributed by atoms with Crippen molar-refractivity contribution in [3.05, 3.63) is 60.3 Å². The van der Waals surface area contributed by atoms with Crippen LogP contribution in [0.4, 0.5) is 0 Å². The van der Waals surface area contributed by atoms with Gasteiger partial charge in [0.05, 0.1) is 18.1 Å². The molecule has 7 heteroatoms. The molecule has 0 fully saturated rings. The van der Waals surface area contributed by atoms with Crippen molar-refractivity contribution in [3.63, 3.8) is 0 Å². The second-order valence-electron chi connectivity index (χ2n) is 4.54. The number of aromatic nitrogens is 4. The fourth-order valence-corrected chi connectivity index (χ4v) is 2.62. The van der Waals surface area contributed by atoms with Crippen LogP contribution in [0.5, 0.6) is 0 Å². The van der Waals surface area contributed by atoms with Crippen molar-refractivity contribution in [1.29, 1.82) is 0 Å². The van der Waals surface area contributed by atoms with Crippen LogP contribution in [0, 0.1) is 0 Å². The van der Waals surface area contributed by atoms with E-state index in [1.54, 1.807) is 24.3 Å². The predicted octanol–water partition coefficient (Wildman–Crippen LogP) is 2.33. The summed E-state index contributed by atoms with van der Waals surface area (Å²) >= 11 is 1.66. The number of thioether (sulfide) groups is 1. The summed E-state index contributed by atoms with van der Waals surface area (Å²) in [4.78, 5) is 12.5. The van der Waals surface area contributed by atoms with E-state index < -0.39 is 0 Å². The predicted molar refractivity (Wildman–Crippen MR) is 79.5 cm³/mol. The fraction of sp³-hybridized carbons (Fsp3) is 0.214. The average Bonchev–Trinajstić information content (AvgIpc) is 3.17. The highest BCUT2D eigenvalue weighted by Crippen LogP contribution is 2.21. The highest BCUT2D eigenvalue weighted by Gasteiger charge is 2.16. The first kappa shape index (κ1) is 13.8. The van der Waals surface area contributed by atoms with Crippen molar-refractivity contribution in [1.82, 2.24) is 20.1 Å². The van der Waals surface area contributed by atoms with Gasteiger partial charge in [-0.2, -0.15) is 4.98 Å². The smallest absolute Gasteiger partial charge is 0.243 e. The van der Waals surface area contributed by atoms with Crippen molar-refractivity contribution >= 4 is 11.8 Å². The molecule has 0 aliphatic rings. The van der Waals surface area contributed by atoms with Crippen LogP contribution in [0.3, 0.4) is 0 Å². The molecule has 1 aromatic carbocycles. The Morgan fingerprint density at radius 3 is 2.90 bits per heavy atom. The molecule has 0 amide bonds. The summed E-state index contributed by atoms with van der Waals surface area (Å²) in [6.45, 7) is 0. The fourth-order valence-electron chi connectivity index (χ4n) is 1.86. The van der Waals surface area contributed by atoms with Crippen molar-refractivity contribution in [2.45, 2.75) is 23.1 Å². The minimum atomic E-state index is -0.326. The SMILES string of the molecule is N[C@H](Cc1cnc[nH]1)c1nc(CSc2ccccc2)no1. The van der Waals surface area contributed by atoms with Crippen LogP contribution in [0.1, 0.15) is 23.5 Å². The number of nitrogens with one attached hydrogen (secondary N) is 1. The van der Waals surface area contributed by atoms with Crippen LogP contribution in [0.2, 0.25) is 0 Å². The minimum Gasteiger partial charge on any atom is -0.348 e. The first-order chi connectivity index (χ1) is 10.3. The molecule has 0 saturated heterocycles. The molecule has 3 aromatic rings. The lowest BCUT2D eigenvalue weighted by atomic mass is 10.2. The van der Waals surface area contributed by atoms with Gasteiger partial charge in [0.15, 0.2) is 5.82 Å². The number of aromatic amines is 1. The van der Waals surface area contributed by atoms with Gasteiger partial charge in [-0.05, 0) is 12.1 Å². The third-order valence-electron chi connectivity index (χ3n) is 2.91. The largest absolute Gasteiger partial charge is 0.348 e. The van der Waals surface area contributed by atoms with Gasteiger partial charge in [0.2, 0.25) is 5.89 Å². The number of nitrogens with zero attached hydrogens (tertiary/aromatic N) is 3. The van der Waals surface area contributed by atoms with E-state index in [-0.39, 0.29) is 6.04 Å². The molecule has 2 aromatic heterocycles. The molecule has 2 heterocycles. The summed E-state index contributed by atoms with van der Waals surface area (Å²) in [7, 11) is 0. The first-order valence-electron chi connectivity index (χ1n) is 6.54. The number of benzene rings is 1. The maximum Gasteiger partial charge on any atom is 0.243 e. The first-order valence-corrected chi connectivity index (χ1v) is 7.53. The zero-order valence-corrected chi connectivity index (χ0v) is 12.1. The normalized spacial score (nSPS) is 12.4. The van der Waals surface area contributed by atoms with Gasteiger partial charge >= 0.3 is 0 Å². The van der Waals surface area contributed by atoms with E-state index >= 15 is 0 Å². The lowest BCUT2D eigenvalue weighted by Gasteiger charge is -2.03. The number of hydrogen-bond acceptors (Lipinski definition) is 6. The average molecular weight is 301 g/mol. The molecule has 0 radical (unpaired) electrons. The van der Waals surface area contributed by atoms with Crippen molar-refractivity contribution in [3.8, 4) is 0 Å². The number of H-pyrrole nitrogens is 1. The van der Waals surface area contributed by atoms with Gasteiger partial charge in [0.25, 0.3) is 0 Å². The third-order valence-corrected chi connectivity index (χ3v) is 3.91. The van der Waals surface area contributed by atoms with Crippen LogP contribution in [-0.2, 0) is 12.2 Å². The topological polar surface area (TPSA) is 93.6 Å². The second kappa shape index (κ2) is 6.55. The molecule has 108 valence electrons. The number of nitrogens with two attached hydrogens (primary N) is 1. The number of imidazole rings is 1. The summed E-state index contributed by atoms with van der Waals surface area (Å²) in [6.07, 6.45) is 3.95. The van der Waals surface area contributed by atoms with Gasteiger partial charge in [-0.15, -0.1) is 11.8 Å². The monoisotopic (exact) mass is 301 g/mol. The Balaban J connectivity index is 1.58. The zero-order chi connectivity index (χ0) is 14.5. The lowest BCUT2D eigenvalue weighted by molar-refractivity contribution is 0.350. The Kier molecular flexibility index (Phi) is 4.32. The molecule has 21 heavy (non-hydrogen) atoms. The molecule has 6 nitrogen and oxygen atoms in total. The Morgan fingerprint density at radius 2 is 2.14 bits per heavy atom. The van der Waals surface area contributed by atoms with Crippen molar-refractivity contribution in [2.24, 2.45) is 5.73 Å². The Hall–Kier alpha value is -2.12. The Bertz CT molecular complexity index is 668. The van der Waals surface area contributed by atoms with Gasteiger partial charge in [-0.3, -0.25) is 0 Å². The molecule has 0 aliphatic carbocycles. The van der Waals surface area contributed by atoms with E-state index in [2.05, 4.69) is 32.2 Å². The zero-order valence-electron chi connectivity index (χ0n) is 11.3. The van der Waals surface area contributed by atoms with E-state index in [0.29, 0.717) is 23.9 Å². The molecule has 3 rings (SSSR count). The second-order valence-corrected chi connectivity index (χ2v) is 5.59. The Morgan fingerprint density at radius 1 is 1.29 bits per heavy atom. The molecular formula is C14H15N5OS. The van der Waals surface area contributed by atoms with Gasteiger partial charge in [0, 0.05) is 23.2 Å². The van der Waals surface area contributed by atoms with Crippen LogP contribution in [-0.4, -0.2) is 20.1 Å². The lowest BCUT2D eigenvalue weighted by Crippen LogP contribution is -2.14. The van der Waals surface area contributed by atoms with E-state index in [9.17, 15) is 0 Å². The summed E-state index contributed by atoms with van der Waals surface area (Å²) < 4.78 is 5.23. The molecule has 0 saturated carbocycles.